The third-order valence-electron chi connectivity index (χ3n) is 2.92. The van der Waals surface area contributed by atoms with Gasteiger partial charge in [0.25, 0.3) is 0 Å². The van der Waals surface area contributed by atoms with Crippen molar-refractivity contribution in [3.63, 3.8) is 0 Å². The van der Waals surface area contributed by atoms with Crippen LogP contribution in [0.3, 0.4) is 0 Å². The van der Waals surface area contributed by atoms with Crippen LogP contribution in [0, 0.1) is 0 Å². The molecule has 0 aliphatic rings. The number of halogens is 2. The van der Waals surface area contributed by atoms with Crippen molar-refractivity contribution in [1.29, 1.82) is 0 Å². The minimum atomic E-state index is -0.197. The molecular formula is C13H16BrClN4. The van der Waals surface area contributed by atoms with E-state index in [9.17, 15) is 0 Å². The van der Waals surface area contributed by atoms with Gasteiger partial charge in [-0.1, -0.05) is 52.7 Å². The van der Waals surface area contributed by atoms with E-state index in [1.807, 2.05) is 28.9 Å². The number of hydrazine groups is 1. The zero-order valence-corrected chi connectivity index (χ0v) is 12.9. The predicted octanol–water partition coefficient (Wildman–Crippen LogP) is 3.26. The van der Waals surface area contributed by atoms with E-state index in [0.29, 0.717) is 5.02 Å². The van der Waals surface area contributed by atoms with Gasteiger partial charge < -0.3 is 0 Å². The molecule has 1 aromatic heterocycles. The largest absolute Gasteiger partial charge is 0.271 e. The first-order chi connectivity index (χ1) is 9.19. The Balaban J connectivity index is 2.48. The molecule has 1 heterocycles. The molecule has 0 saturated heterocycles. The fourth-order valence-corrected chi connectivity index (χ4v) is 2.84. The second kappa shape index (κ2) is 6.52. The molecule has 0 aliphatic carbocycles. The fraction of sp³-hybridized carbons (Fsp3) is 0.308. The molecule has 0 aliphatic heterocycles. The number of aryl methyl sites for hydroxylation is 1. The molecule has 4 nitrogen and oxygen atoms in total. The van der Waals surface area contributed by atoms with E-state index in [1.165, 1.54) is 0 Å². The molecular weight excluding hydrogens is 328 g/mol. The first kappa shape index (κ1) is 14.5. The molecule has 19 heavy (non-hydrogen) atoms. The molecule has 0 spiro atoms. The van der Waals surface area contributed by atoms with Crippen molar-refractivity contribution in [2.24, 2.45) is 5.84 Å². The van der Waals surface area contributed by atoms with E-state index < -0.39 is 0 Å². The number of nitrogens with zero attached hydrogens (tertiary/aromatic N) is 2. The van der Waals surface area contributed by atoms with Gasteiger partial charge in [0, 0.05) is 11.0 Å². The van der Waals surface area contributed by atoms with Crippen LogP contribution < -0.4 is 11.3 Å². The van der Waals surface area contributed by atoms with Crippen molar-refractivity contribution in [2.45, 2.75) is 25.9 Å². The second-order valence-corrected chi connectivity index (χ2v) is 5.48. The number of aromatic nitrogens is 2. The van der Waals surface area contributed by atoms with Crippen LogP contribution in [0.15, 0.2) is 34.9 Å². The summed E-state index contributed by atoms with van der Waals surface area (Å²) in [5, 5.41) is 4.92. The first-order valence-corrected chi connectivity index (χ1v) is 7.27. The third-order valence-corrected chi connectivity index (χ3v) is 3.94. The van der Waals surface area contributed by atoms with E-state index in [4.69, 9.17) is 17.4 Å². The Hall–Kier alpha value is -0.880. The molecule has 1 aromatic carbocycles. The van der Waals surface area contributed by atoms with Crippen LogP contribution in [0.5, 0.6) is 0 Å². The number of benzene rings is 1. The minimum absolute atomic E-state index is 0.197. The van der Waals surface area contributed by atoms with E-state index in [0.717, 1.165) is 28.7 Å². The van der Waals surface area contributed by atoms with Gasteiger partial charge >= 0.3 is 0 Å². The highest BCUT2D eigenvalue weighted by molar-refractivity contribution is 9.10. The molecule has 1 unspecified atom stereocenters. The third kappa shape index (κ3) is 3.00. The van der Waals surface area contributed by atoms with Gasteiger partial charge in [0.1, 0.15) is 0 Å². The molecule has 0 fully saturated rings. The maximum atomic E-state index is 6.26. The molecule has 3 N–H and O–H groups in total. The van der Waals surface area contributed by atoms with E-state index in [2.05, 4.69) is 33.4 Å². The Bertz CT molecular complexity index is 555. The van der Waals surface area contributed by atoms with Gasteiger partial charge in [-0.25, -0.2) is 5.43 Å². The minimum Gasteiger partial charge on any atom is -0.271 e. The van der Waals surface area contributed by atoms with Gasteiger partial charge in [-0.3, -0.25) is 10.5 Å². The Morgan fingerprint density at radius 3 is 2.84 bits per heavy atom. The van der Waals surface area contributed by atoms with Crippen LogP contribution in [0.1, 0.15) is 30.6 Å². The average Bonchev–Trinajstić information content (AvgIpc) is 2.75. The van der Waals surface area contributed by atoms with E-state index >= 15 is 0 Å². The number of rotatable bonds is 5. The fourth-order valence-electron chi connectivity index (χ4n) is 2.07. The van der Waals surface area contributed by atoms with Crippen LogP contribution in [-0.4, -0.2) is 9.78 Å². The summed E-state index contributed by atoms with van der Waals surface area (Å²) in [5.41, 5.74) is 4.75. The number of nitrogens with one attached hydrogen (secondary N) is 1. The van der Waals surface area contributed by atoms with Gasteiger partial charge in [-0.15, -0.1) is 0 Å². The highest BCUT2D eigenvalue weighted by atomic mass is 79.9. The van der Waals surface area contributed by atoms with Crippen LogP contribution in [-0.2, 0) is 6.54 Å². The van der Waals surface area contributed by atoms with Crippen LogP contribution in [0.2, 0.25) is 5.02 Å². The molecule has 0 saturated carbocycles. The normalized spacial score (nSPS) is 12.6. The summed E-state index contributed by atoms with van der Waals surface area (Å²) >= 11 is 9.81. The number of hydrogen-bond acceptors (Lipinski definition) is 3. The molecule has 102 valence electrons. The van der Waals surface area contributed by atoms with Gasteiger partial charge in [-0.05, 0) is 18.1 Å². The lowest BCUT2D eigenvalue weighted by molar-refractivity contribution is 0.520. The SMILES string of the molecule is CCCn1ncc(Cl)c1C(NN)c1ccccc1Br. The van der Waals surface area contributed by atoms with E-state index in [1.54, 1.807) is 6.20 Å². The summed E-state index contributed by atoms with van der Waals surface area (Å²) in [6, 6.07) is 7.73. The number of hydrogen-bond donors (Lipinski definition) is 2. The van der Waals surface area contributed by atoms with E-state index in [-0.39, 0.29) is 6.04 Å². The Morgan fingerprint density at radius 1 is 1.47 bits per heavy atom. The molecule has 6 heteroatoms. The monoisotopic (exact) mass is 342 g/mol. The maximum absolute atomic E-state index is 6.26. The Labute approximate surface area is 126 Å². The summed E-state index contributed by atoms with van der Waals surface area (Å²) in [7, 11) is 0. The summed E-state index contributed by atoms with van der Waals surface area (Å²) in [6.07, 6.45) is 2.64. The summed E-state index contributed by atoms with van der Waals surface area (Å²) in [6.45, 7) is 2.91. The van der Waals surface area contributed by atoms with Crippen molar-refractivity contribution >= 4 is 27.5 Å². The zero-order valence-electron chi connectivity index (χ0n) is 10.6. The van der Waals surface area contributed by atoms with Crippen molar-refractivity contribution in [3.8, 4) is 0 Å². The number of nitrogens with two attached hydrogens (primary N) is 1. The molecule has 2 rings (SSSR count). The highest BCUT2D eigenvalue weighted by Gasteiger charge is 2.22. The lowest BCUT2D eigenvalue weighted by atomic mass is 10.0. The second-order valence-electron chi connectivity index (χ2n) is 4.22. The van der Waals surface area contributed by atoms with Crippen LogP contribution in [0.25, 0.3) is 0 Å². The summed E-state index contributed by atoms with van der Waals surface area (Å²) < 4.78 is 2.88. The molecule has 0 bridgehead atoms. The lowest BCUT2D eigenvalue weighted by Crippen LogP contribution is -2.31. The van der Waals surface area contributed by atoms with Gasteiger partial charge in [-0.2, -0.15) is 5.10 Å². The van der Waals surface area contributed by atoms with Gasteiger partial charge in [0.05, 0.1) is 23.0 Å². The standard InChI is InChI=1S/C13H16BrClN4/c1-2-7-19-13(11(15)8-17-19)12(18-16)9-5-3-4-6-10(9)14/h3-6,8,12,18H,2,7,16H2,1H3. The van der Waals surface area contributed by atoms with Gasteiger partial charge in [0.2, 0.25) is 0 Å². The van der Waals surface area contributed by atoms with Crippen LogP contribution >= 0.6 is 27.5 Å². The van der Waals surface area contributed by atoms with Crippen LogP contribution in [0.4, 0.5) is 0 Å². The molecule has 0 radical (unpaired) electrons. The highest BCUT2D eigenvalue weighted by Crippen LogP contribution is 2.31. The summed E-state index contributed by atoms with van der Waals surface area (Å²) in [4.78, 5) is 0. The lowest BCUT2D eigenvalue weighted by Gasteiger charge is -2.20. The van der Waals surface area contributed by atoms with Gasteiger partial charge in [0.15, 0.2) is 0 Å². The quantitative estimate of drug-likeness (QED) is 0.647. The molecule has 0 amide bonds. The van der Waals surface area contributed by atoms with Crippen molar-refractivity contribution in [3.05, 3.63) is 51.2 Å². The molecule has 1 atom stereocenters. The summed E-state index contributed by atoms with van der Waals surface area (Å²) in [5.74, 6) is 5.73. The topological polar surface area (TPSA) is 55.9 Å². The van der Waals surface area contributed by atoms with Crippen molar-refractivity contribution in [2.75, 3.05) is 0 Å². The zero-order chi connectivity index (χ0) is 13.8. The van der Waals surface area contributed by atoms with Crippen molar-refractivity contribution in [1.82, 2.24) is 15.2 Å². The predicted molar refractivity (Wildman–Crippen MR) is 80.8 cm³/mol. The Morgan fingerprint density at radius 2 is 2.21 bits per heavy atom. The molecule has 2 aromatic rings. The maximum Gasteiger partial charge on any atom is 0.0904 e. The first-order valence-electron chi connectivity index (χ1n) is 6.10. The average molecular weight is 344 g/mol. The smallest absolute Gasteiger partial charge is 0.0904 e. The Kier molecular flexibility index (Phi) is 4.99. The van der Waals surface area contributed by atoms with Crippen molar-refractivity contribution < 1.29 is 0 Å².